The highest BCUT2D eigenvalue weighted by atomic mass is 31.2. The van der Waals surface area contributed by atoms with E-state index >= 15 is 0 Å². The number of benzene rings is 1. The van der Waals surface area contributed by atoms with Gasteiger partial charge in [-0.3, -0.25) is 0 Å². The van der Waals surface area contributed by atoms with Crippen LogP contribution >= 0.6 is 7.94 Å². The van der Waals surface area contributed by atoms with Crippen LogP contribution in [0.2, 0.25) is 0 Å². The van der Waals surface area contributed by atoms with Crippen molar-refractivity contribution in [3.63, 3.8) is 0 Å². The van der Waals surface area contributed by atoms with E-state index in [2.05, 4.69) is 0 Å². The summed E-state index contributed by atoms with van der Waals surface area (Å²) in [4.78, 5) is 0. The highest BCUT2D eigenvalue weighted by molar-refractivity contribution is 7.69. The first-order chi connectivity index (χ1) is 8.85. The van der Waals surface area contributed by atoms with Gasteiger partial charge in [0.2, 0.25) is 0 Å². The predicted octanol–water partition coefficient (Wildman–Crippen LogP) is 4.35. The van der Waals surface area contributed by atoms with Crippen LogP contribution in [0.4, 0.5) is 0 Å². The zero-order valence-corrected chi connectivity index (χ0v) is 13.7. The van der Waals surface area contributed by atoms with E-state index in [1.54, 1.807) is 0 Å². The Balaban J connectivity index is 3.16. The molecule has 0 unspecified atom stereocenters. The molecule has 108 valence electrons. The minimum Gasteiger partial charge on any atom is -0.171 e. The molecule has 0 spiro atoms. The topological polar surface area (TPSA) is 27.7 Å². The molecule has 0 amide bonds. The largest absolute Gasteiger partial charge is 0.449 e. The summed E-state index contributed by atoms with van der Waals surface area (Å²) in [5.41, 5.74) is 0. The van der Waals surface area contributed by atoms with Gasteiger partial charge < -0.3 is 0 Å². The fourth-order valence-corrected chi connectivity index (χ4v) is 4.42. The average molecular weight is 285 g/mol. The Kier molecular flexibility index (Phi) is 6.41. The molecule has 0 bridgehead atoms. The van der Waals surface area contributed by atoms with Crippen LogP contribution in [-0.2, 0) is 13.6 Å². The molecule has 1 aromatic rings. The van der Waals surface area contributed by atoms with Gasteiger partial charge in [0.05, 0.1) is 0 Å². The lowest BCUT2D eigenvalue weighted by Gasteiger charge is -2.26. The van der Waals surface area contributed by atoms with Crippen LogP contribution < -0.4 is 5.30 Å². The van der Waals surface area contributed by atoms with Crippen LogP contribution in [0, 0.1) is 0 Å². The highest BCUT2D eigenvalue weighted by Crippen LogP contribution is 2.63. The molecule has 0 N–H and O–H groups in total. The van der Waals surface area contributed by atoms with Gasteiger partial charge >= 0.3 is 7.94 Å². The van der Waals surface area contributed by atoms with Crippen LogP contribution in [0.1, 0.15) is 41.5 Å². The summed E-state index contributed by atoms with van der Waals surface area (Å²) >= 11 is 0. The van der Waals surface area contributed by atoms with Crippen LogP contribution in [0.5, 0.6) is 0 Å². The van der Waals surface area contributed by atoms with Gasteiger partial charge in [-0.15, -0.1) is 0 Å². The van der Waals surface area contributed by atoms with Gasteiger partial charge in [-0.1, -0.05) is 18.2 Å². The maximum absolute atomic E-state index is 6.11. The van der Waals surface area contributed by atoms with Gasteiger partial charge in [0.15, 0.2) is 5.30 Å². The Bertz CT molecular complexity index is 336. The third kappa shape index (κ3) is 5.19. The van der Waals surface area contributed by atoms with Crippen molar-refractivity contribution < 1.29 is 13.6 Å². The van der Waals surface area contributed by atoms with Crippen molar-refractivity contribution in [2.24, 2.45) is 0 Å². The molecular formula is C15H26O3P+. The molecule has 0 saturated carbocycles. The van der Waals surface area contributed by atoms with Crippen molar-refractivity contribution in [2.45, 2.75) is 59.9 Å². The molecule has 1 aromatic carbocycles. The standard InChI is InChI=1S/C15H26O3P/c1-12(2)16-19(17-13(3)4,18-14(5)6)15-10-8-7-9-11-15/h7-14H,1-6H3/q+1. The molecule has 0 fully saturated rings. The maximum Gasteiger partial charge on any atom is 0.449 e. The highest BCUT2D eigenvalue weighted by Gasteiger charge is 2.51. The summed E-state index contributed by atoms with van der Waals surface area (Å²) in [5, 5.41) is 0.992. The van der Waals surface area contributed by atoms with Crippen molar-refractivity contribution in [2.75, 3.05) is 0 Å². The SMILES string of the molecule is CC(C)O[P+](OC(C)C)(OC(C)C)c1ccccc1. The van der Waals surface area contributed by atoms with Crippen molar-refractivity contribution in [3.05, 3.63) is 30.3 Å². The molecule has 0 aliphatic rings. The fraction of sp³-hybridized carbons (Fsp3) is 0.600. The molecular weight excluding hydrogens is 259 g/mol. The van der Waals surface area contributed by atoms with Gasteiger partial charge in [0.25, 0.3) is 0 Å². The van der Waals surface area contributed by atoms with E-state index < -0.39 is 7.94 Å². The third-order valence-electron chi connectivity index (χ3n) is 2.12. The minimum atomic E-state index is -2.52. The van der Waals surface area contributed by atoms with E-state index in [1.165, 1.54) is 0 Å². The Labute approximate surface area is 117 Å². The summed E-state index contributed by atoms with van der Waals surface area (Å²) in [6, 6.07) is 9.99. The first kappa shape index (κ1) is 16.6. The quantitative estimate of drug-likeness (QED) is 0.697. The Morgan fingerprint density at radius 3 is 1.37 bits per heavy atom. The Hall–Kier alpha value is -0.470. The van der Waals surface area contributed by atoms with Crippen molar-refractivity contribution in [3.8, 4) is 0 Å². The molecule has 0 radical (unpaired) electrons. The second-order valence-electron chi connectivity index (χ2n) is 5.30. The molecule has 0 saturated heterocycles. The molecule has 0 aliphatic heterocycles. The van der Waals surface area contributed by atoms with Gasteiger partial charge in [0.1, 0.15) is 18.3 Å². The monoisotopic (exact) mass is 285 g/mol. The smallest absolute Gasteiger partial charge is 0.171 e. The molecule has 0 heterocycles. The number of hydrogen-bond acceptors (Lipinski definition) is 3. The Morgan fingerprint density at radius 2 is 1.05 bits per heavy atom. The Morgan fingerprint density at radius 1 is 0.684 bits per heavy atom. The summed E-state index contributed by atoms with van der Waals surface area (Å²) in [6.45, 7) is 12.0. The molecule has 19 heavy (non-hydrogen) atoms. The number of rotatable bonds is 7. The van der Waals surface area contributed by atoms with Crippen LogP contribution in [0.15, 0.2) is 30.3 Å². The van der Waals surface area contributed by atoms with Crippen molar-refractivity contribution in [1.29, 1.82) is 0 Å². The molecule has 0 aliphatic carbocycles. The lowest BCUT2D eigenvalue weighted by atomic mass is 10.4. The summed E-state index contributed by atoms with van der Waals surface area (Å²) in [5.74, 6) is 0. The normalized spacial score (nSPS) is 12.7. The van der Waals surface area contributed by atoms with Gasteiger partial charge in [-0.25, -0.2) is 0 Å². The number of hydrogen-bond donors (Lipinski definition) is 0. The van der Waals surface area contributed by atoms with E-state index in [4.69, 9.17) is 13.6 Å². The van der Waals surface area contributed by atoms with E-state index in [-0.39, 0.29) is 18.3 Å². The van der Waals surface area contributed by atoms with Crippen molar-refractivity contribution in [1.82, 2.24) is 0 Å². The van der Waals surface area contributed by atoms with Crippen LogP contribution in [0.3, 0.4) is 0 Å². The average Bonchev–Trinajstić information content (AvgIpc) is 2.27. The second kappa shape index (κ2) is 7.35. The van der Waals surface area contributed by atoms with E-state index in [0.29, 0.717) is 0 Å². The predicted molar refractivity (Wildman–Crippen MR) is 81.7 cm³/mol. The molecule has 3 nitrogen and oxygen atoms in total. The lowest BCUT2D eigenvalue weighted by Crippen LogP contribution is -2.26. The zero-order chi connectivity index (χ0) is 14.5. The summed E-state index contributed by atoms with van der Waals surface area (Å²) in [6.07, 6.45) is 0.142. The molecule has 0 atom stereocenters. The molecule has 4 heteroatoms. The minimum absolute atomic E-state index is 0.0473. The van der Waals surface area contributed by atoms with Gasteiger partial charge in [-0.2, -0.15) is 13.6 Å². The third-order valence-corrected chi connectivity index (χ3v) is 5.15. The lowest BCUT2D eigenvalue weighted by molar-refractivity contribution is 0.0817. The van der Waals surface area contributed by atoms with Gasteiger partial charge in [0, 0.05) is 0 Å². The van der Waals surface area contributed by atoms with Crippen molar-refractivity contribution >= 4 is 13.2 Å². The second-order valence-corrected chi connectivity index (χ2v) is 7.44. The van der Waals surface area contributed by atoms with E-state index in [9.17, 15) is 0 Å². The summed E-state index contributed by atoms with van der Waals surface area (Å²) < 4.78 is 18.3. The van der Waals surface area contributed by atoms with E-state index in [1.807, 2.05) is 71.9 Å². The first-order valence-electron chi connectivity index (χ1n) is 6.85. The van der Waals surface area contributed by atoms with Gasteiger partial charge in [-0.05, 0) is 53.7 Å². The maximum atomic E-state index is 6.11. The van der Waals surface area contributed by atoms with Crippen LogP contribution in [-0.4, -0.2) is 18.3 Å². The molecule has 0 aromatic heterocycles. The zero-order valence-electron chi connectivity index (χ0n) is 12.8. The summed E-state index contributed by atoms with van der Waals surface area (Å²) in [7, 11) is -2.52. The van der Waals surface area contributed by atoms with E-state index in [0.717, 1.165) is 5.30 Å². The van der Waals surface area contributed by atoms with Crippen LogP contribution in [0.25, 0.3) is 0 Å². The fourth-order valence-electron chi connectivity index (χ4n) is 1.70. The first-order valence-corrected chi connectivity index (χ1v) is 8.40. The molecule has 1 rings (SSSR count).